The van der Waals surface area contributed by atoms with E-state index in [0.717, 1.165) is 73.4 Å². The van der Waals surface area contributed by atoms with E-state index < -0.39 is 0 Å². The lowest BCUT2D eigenvalue weighted by Gasteiger charge is -2.27. The monoisotopic (exact) mass is 813 g/mol. The van der Waals surface area contributed by atoms with Crippen LogP contribution in [0, 0.1) is 6.92 Å². The molecule has 0 saturated heterocycles. The maximum absolute atomic E-state index is 6.25. The summed E-state index contributed by atoms with van der Waals surface area (Å²) in [5.41, 5.74) is 15.5. The predicted molar refractivity (Wildman–Crippen MR) is 256 cm³/mol. The van der Waals surface area contributed by atoms with Gasteiger partial charge < -0.3 is 14.7 Å². The average molecular weight is 815 g/mol. The van der Waals surface area contributed by atoms with Gasteiger partial charge in [0.25, 0.3) is 0 Å². The minimum Gasteiger partial charge on any atom is -0.311 e. The van der Waals surface area contributed by atoms with Gasteiger partial charge in [0.05, 0.1) is 0 Å². The fraction of sp³-hybridized carbons (Fsp3) is 0.0182. The zero-order valence-corrected chi connectivity index (χ0v) is 34.5. The second kappa shape index (κ2) is 17.4. The molecule has 0 aliphatic rings. The van der Waals surface area contributed by atoms with Crippen LogP contribution in [0.25, 0.3) is 22.3 Å². The molecule has 9 rings (SSSR count). The second-order valence-electron chi connectivity index (χ2n) is 14.7. The first-order valence-electron chi connectivity index (χ1n) is 20.0. The van der Waals surface area contributed by atoms with Gasteiger partial charge >= 0.3 is 0 Å². The summed E-state index contributed by atoms with van der Waals surface area (Å²) in [6, 6.07) is 80.5. The molecule has 0 unspecified atom stereocenters. The van der Waals surface area contributed by atoms with E-state index in [2.05, 4.69) is 216 Å². The zero-order chi connectivity index (χ0) is 40.8. The predicted octanol–water partition coefficient (Wildman–Crippen LogP) is 17.0. The Kier molecular flexibility index (Phi) is 11.2. The Morgan fingerprint density at radius 2 is 0.500 bits per heavy atom. The van der Waals surface area contributed by atoms with E-state index in [1.165, 1.54) is 5.56 Å². The van der Waals surface area contributed by atoms with E-state index >= 15 is 0 Å². The summed E-state index contributed by atoms with van der Waals surface area (Å²) >= 11 is 12.5. The standard InChI is InChI=1S/C55H41Cl2N3/c1-40-9-8-14-55(39-40)60(51-31-19-43(20-32-51)41-15-27-49(28-16-41)58(47-10-4-2-5-11-47)53-35-23-45(56)24-36-53)52-33-21-44(22-34-52)42-17-29-50(30-18-42)59(48-12-6-3-7-13-48)54-37-25-46(57)26-38-54/h2-39H,1H3. The van der Waals surface area contributed by atoms with Crippen LogP contribution in [0.3, 0.4) is 0 Å². The third kappa shape index (κ3) is 8.41. The molecule has 5 heteroatoms. The molecule has 290 valence electrons. The van der Waals surface area contributed by atoms with Crippen LogP contribution in [-0.2, 0) is 0 Å². The van der Waals surface area contributed by atoms with Crippen LogP contribution >= 0.6 is 23.2 Å². The number of hydrogen-bond donors (Lipinski definition) is 0. The van der Waals surface area contributed by atoms with Crippen molar-refractivity contribution >= 4 is 74.4 Å². The van der Waals surface area contributed by atoms with Crippen LogP contribution < -0.4 is 14.7 Å². The molecular formula is C55H41Cl2N3. The SMILES string of the molecule is Cc1cccc(N(c2ccc(-c3ccc(N(c4ccccc4)c4ccc(Cl)cc4)cc3)cc2)c2ccc(-c3ccc(N(c4ccccc4)c4ccc(Cl)cc4)cc3)cc2)c1. The molecule has 0 fully saturated rings. The van der Waals surface area contributed by atoms with Crippen LogP contribution in [0.15, 0.2) is 231 Å². The minimum absolute atomic E-state index is 0.715. The van der Waals surface area contributed by atoms with Gasteiger partial charge in [-0.3, -0.25) is 0 Å². The molecule has 0 heterocycles. The quantitative estimate of drug-likeness (QED) is 0.129. The smallest absolute Gasteiger partial charge is 0.0464 e. The summed E-state index contributed by atoms with van der Waals surface area (Å²) in [6.07, 6.45) is 0. The Morgan fingerprint density at radius 3 is 0.800 bits per heavy atom. The van der Waals surface area contributed by atoms with E-state index in [-0.39, 0.29) is 0 Å². The third-order valence-electron chi connectivity index (χ3n) is 10.6. The highest BCUT2D eigenvalue weighted by Gasteiger charge is 2.16. The number of anilines is 9. The highest BCUT2D eigenvalue weighted by Crippen LogP contribution is 2.40. The number of benzene rings is 9. The summed E-state index contributed by atoms with van der Waals surface area (Å²) < 4.78 is 0. The fourth-order valence-corrected chi connectivity index (χ4v) is 7.91. The van der Waals surface area contributed by atoms with E-state index in [4.69, 9.17) is 23.2 Å². The van der Waals surface area contributed by atoms with Gasteiger partial charge in [0.1, 0.15) is 0 Å². The van der Waals surface area contributed by atoms with Gasteiger partial charge in [-0.05, 0) is 168 Å². The van der Waals surface area contributed by atoms with Gasteiger partial charge in [0, 0.05) is 61.2 Å². The maximum atomic E-state index is 6.25. The van der Waals surface area contributed by atoms with Crippen LogP contribution in [0.1, 0.15) is 5.56 Å². The molecule has 0 aliphatic carbocycles. The second-order valence-corrected chi connectivity index (χ2v) is 15.5. The summed E-state index contributed by atoms with van der Waals surface area (Å²) in [4.78, 5) is 6.80. The van der Waals surface area contributed by atoms with Crippen molar-refractivity contribution in [2.45, 2.75) is 6.92 Å². The highest BCUT2D eigenvalue weighted by atomic mass is 35.5. The number of hydrogen-bond acceptors (Lipinski definition) is 3. The topological polar surface area (TPSA) is 9.72 Å². The van der Waals surface area contributed by atoms with Crippen LogP contribution in [0.4, 0.5) is 51.2 Å². The number of halogens is 2. The van der Waals surface area contributed by atoms with Gasteiger partial charge in [0.15, 0.2) is 0 Å². The lowest BCUT2D eigenvalue weighted by Crippen LogP contribution is -2.10. The first kappa shape index (κ1) is 38.5. The Labute approximate surface area is 362 Å². The van der Waals surface area contributed by atoms with Crippen LogP contribution in [0.5, 0.6) is 0 Å². The number of para-hydroxylation sites is 2. The van der Waals surface area contributed by atoms with Crippen LogP contribution in [0.2, 0.25) is 10.0 Å². The van der Waals surface area contributed by atoms with Gasteiger partial charge in [-0.15, -0.1) is 0 Å². The van der Waals surface area contributed by atoms with Crippen molar-refractivity contribution in [2.24, 2.45) is 0 Å². The number of aryl methyl sites for hydroxylation is 1. The zero-order valence-electron chi connectivity index (χ0n) is 33.0. The molecule has 60 heavy (non-hydrogen) atoms. The minimum atomic E-state index is 0.715. The van der Waals surface area contributed by atoms with E-state index in [1.807, 2.05) is 36.4 Å². The normalized spacial score (nSPS) is 10.9. The maximum Gasteiger partial charge on any atom is 0.0464 e. The molecule has 9 aromatic carbocycles. The first-order chi connectivity index (χ1) is 29.5. The number of rotatable bonds is 11. The largest absolute Gasteiger partial charge is 0.311 e. The summed E-state index contributed by atoms with van der Waals surface area (Å²) in [5, 5.41) is 1.43. The molecule has 0 bridgehead atoms. The van der Waals surface area contributed by atoms with Gasteiger partial charge in [-0.25, -0.2) is 0 Å². The van der Waals surface area contributed by atoms with Crippen molar-refractivity contribution < 1.29 is 0 Å². The van der Waals surface area contributed by atoms with E-state index in [9.17, 15) is 0 Å². The van der Waals surface area contributed by atoms with Crippen molar-refractivity contribution in [3.8, 4) is 22.3 Å². The molecule has 0 saturated carbocycles. The van der Waals surface area contributed by atoms with Gasteiger partial charge in [-0.2, -0.15) is 0 Å². The fourth-order valence-electron chi connectivity index (χ4n) is 7.65. The first-order valence-corrected chi connectivity index (χ1v) is 20.7. The van der Waals surface area contributed by atoms with Crippen molar-refractivity contribution in [2.75, 3.05) is 14.7 Å². The lowest BCUT2D eigenvalue weighted by molar-refractivity contribution is 1.27. The molecule has 0 spiro atoms. The molecule has 0 amide bonds. The van der Waals surface area contributed by atoms with Crippen molar-refractivity contribution in [3.05, 3.63) is 246 Å². The van der Waals surface area contributed by atoms with Crippen molar-refractivity contribution in [1.82, 2.24) is 0 Å². The molecule has 9 aromatic rings. The Balaban J connectivity index is 0.981. The summed E-state index contributed by atoms with van der Waals surface area (Å²) in [7, 11) is 0. The molecule has 3 nitrogen and oxygen atoms in total. The summed E-state index contributed by atoms with van der Waals surface area (Å²) in [6.45, 7) is 2.14. The molecule has 0 aliphatic heterocycles. The van der Waals surface area contributed by atoms with Crippen LogP contribution in [-0.4, -0.2) is 0 Å². The van der Waals surface area contributed by atoms with E-state index in [0.29, 0.717) is 10.0 Å². The highest BCUT2D eigenvalue weighted by molar-refractivity contribution is 6.31. The average Bonchev–Trinajstić information content (AvgIpc) is 3.30. The van der Waals surface area contributed by atoms with Crippen molar-refractivity contribution in [1.29, 1.82) is 0 Å². The molecule has 0 radical (unpaired) electrons. The molecule has 0 aromatic heterocycles. The van der Waals surface area contributed by atoms with Gasteiger partial charge in [-0.1, -0.05) is 120 Å². The van der Waals surface area contributed by atoms with E-state index in [1.54, 1.807) is 0 Å². The van der Waals surface area contributed by atoms with Crippen molar-refractivity contribution in [3.63, 3.8) is 0 Å². The Morgan fingerprint density at radius 1 is 0.250 bits per heavy atom. The Bertz CT molecular complexity index is 2610. The third-order valence-corrected chi connectivity index (χ3v) is 11.1. The molecule has 0 atom stereocenters. The van der Waals surface area contributed by atoms with Gasteiger partial charge in [0.2, 0.25) is 0 Å². The lowest BCUT2D eigenvalue weighted by atomic mass is 10.0. The molecule has 0 N–H and O–H groups in total. The molecular weight excluding hydrogens is 774 g/mol. The number of nitrogens with zero attached hydrogens (tertiary/aromatic N) is 3. The Hall–Kier alpha value is -7.04. The summed E-state index contributed by atoms with van der Waals surface area (Å²) in [5.74, 6) is 0.